The number of allylic oxidation sites excluding steroid dienone is 1. The molecule has 0 aliphatic heterocycles. The molecule has 0 bridgehead atoms. The lowest BCUT2D eigenvalue weighted by molar-refractivity contribution is -0.161. The molecule has 0 aromatic rings. The third-order valence-corrected chi connectivity index (χ3v) is 5.17. The van der Waals surface area contributed by atoms with Crippen LogP contribution in [0.2, 0.25) is 0 Å². The van der Waals surface area contributed by atoms with Crippen molar-refractivity contribution in [3.63, 3.8) is 0 Å². The molecule has 2 N–H and O–H groups in total. The van der Waals surface area contributed by atoms with Gasteiger partial charge in [0.25, 0.3) is 0 Å². The van der Waals surface area contributed by atoms with Crippen LogP contribution < -0.4 is 0 Å². The maximum Gasteiger partial charge on any atom is 0.469 e. The first-order valence-electron chi connectivity index (χ1n) is 11.4. The highest BCUT2D eigenvalue weighted by molar-refractivity contribution is 7.46. The second-order valence-corrected chi connectivity index (χ2v) is 8.93. The smallest absolute Gasteiger partial charge is 0.462 e. The third kappa shape index (κ3) is 21.8. The summed E-state index contributed by atoms with van der Waals surface area (Å²) in [7, 11) is -4.72. The zero-order valence-corrected chi connectivity index (χ0v) is 19.9. The van der Waals surface area contributed by atoms with Crippen molar-refractivity contribution in [2.24, 2.45) is 0 Å². The van der Waals surface area contributed by atoms with Crippen LogP contribution in [0.15, 0.2) is 12.7 Å². The van der Waals surface area contributed by atoms with Crippen molar-refractivity contribution in [2.45, 2.75) is 103 Å². The van der Waals surface area contributed by atoms with Crippen molar-refractivity contribution in [1.82, 2.24) is 0 Å². The summed E-state index contributed by atoms with van der Waals surface area (Å²) in [5.41, 5.74) is 0. The molecule has 0 saturated heterocycles. The van der Waals surface area contributed by atoms with Gasteiger partial charge in [-0.25, -0.2) is 4.57 Å². The number of phosphoric acid groups is 1. The van der Waals surface area contributed by atoms with E-state index in [1.807, 2.05) is 6.08 Å². The lowest BCUT2D eigenvalue weighted by atomic mass is 10.1. The molecule has 0 amide bonds. The van der Waals surface area contributed by atoms with Crippen molar-refractivity contribution < 1.29 is 37.9 Å². The normalized spacial score (nSPS) is 12.4. The van der Waals surface area contributed by atoms with Crippen molar-refractivity contribution in [3.8, 4) is 0 Å². The first-order chi connectivity index (χ1) is 14.8. The van der Waals surface area contributed by atoms with Gasteiger partial charge in [0.05, 0.1) is 6.61 Å². The number of hydrogen-bond donors (Lipinski definition) is 2. The summed E-state index contributed by atoms with van der Waals surface area (Å²) in [5.74, 6) is -0.926. The number of ether oxygens (including phenoxy) is 2. The molecule has 0 fully saturated rings. The molecular weight excluding hydrogens is 423 g/mol. The lowest BCUT2D eigenvalue weighted by Gasteiger charge is -2.18. The summed E-state index contributed by atoms with van der Waals surface area (Å²) in [5, 5.41) is 0. The molecule has 9 heteroatoms. The molecule has 0 saturated carbocycles. The topological polar surface area (TPSA) is 119 Å². The number of hydrogen-bond acceptors (Lipinski definition) is 6. The summed E-state index contributed by atoms with van der Waals surface area (Å²) < 4.78 is 25.7. The van der Waals surface area contributed by atoms with Gasteiger partial charge in [-0.1, -0.05) is 64.4 Å². The Kier molecular flexibility index (Phi) is 18.7. The summed E-state index contributed by atoms with van der Waals surface area (Å²) in [6.07, 6.45) is 13.2. The van der Waals surface area contributed by atoms with E-state index >= 15 is 0 Å². The van der Waals surface area contributed by atoms with E-state index in [4.69, 9.17) is 19.3 Å². The van der Waals surface area contributed by atoms with Crippen LogP contribution in [0.25, 0.3) is 0 Å². The van der Waals surface area contributed by atoms with Crippen LogP contribution in [0.1, 0.15) is 96.8 Å². The maximum absolute atomic E-state index is 12.0. The summed E-state index contributed by atoms with van der Waals surface area (Å²) >= 11 is 0. The van der Waals surface area contributed by atoms with Gasteiger partial charge in [-0.15, -0.1) is 6.58 Å². The van der Waals surface area contributed by atoms with Gasteiger partial charge >= 0.3 is 19.8 Å². The van der Waals surface area contributed by atoms with Crippen LogP contribution in [0.3, 0.4) is 0 Å². The highest BCUT2D eigenvalue weighted by atomic mass is 31.2. The Morgan fingerprint density at radius 3 is 2.00 bits per heavy atom. The molecular formula is C22H41O8P. The molecule has 0 rings (SSSR count). The Balaban J connectivity index is 4.21. The van der Waals surface area contributed by atoms with Gasteiger partial charge in [0.15, 0.2) is 6.10 Å². The molecule has 0 radical (unpaired) electrons. The molecule has 0 aromatic heterocycles. The molecule has 0 aliphatic rings. The second kappa shape index (κ2) is 19.5. The first kappa shape index (κ1) is 29.8. The van der Waals surface area contributed by atoms with Crippen LogP contribution in [0.5, 0.6) is 0 Å². The van der Waals surface area contributed by atoms with E-state index in [0.717, 1.165) is 64.2 Å². The van der Waals surface area contributed by atoms with Gasteiger partial charge in [-0.2, -0.15) is 0 Å². The molecule has 0 aromatic carbocycles. The predicted molar refractivity (Wildman–Crippen MR) is 119 cm³/mol. The highest BCUT2D eigenvalue weighted by Gasteiger charge is 2.22. The first-order valence-corrected chi connectivity index (χ1v) is 13.0. The number of carbonyl (C=O) groups excluding carboxylic acids is 2. The van der Waals surface area contributed by atoms with Gasteiger partial charge in [0.2, 0.25) is 0 Å². The van der Waals surface area contributed by atoms with Gasteiger partial charge in [-0.3, -0.25) is 14.1 Å². The quantitative estimate of drug-likeness (QED) is 0.103. The fourth-order valence-electron chi connectivity index (χ4n) is 2.94. The minimum Gasteiger partial charge on any atom is -0.462 e. The van der Waals surface area contributed by atoms with Crippen LogP contribution in [0.4, 0.5) is 0 Å². The summed E-state index contributed by atoms with van der Waals surface area (Å²) in [6.45, 7) is 4.99. The number of phosphoric ester groups is 1. The van der Waals surface area contributed by atoms with Crippen molar-refractivity contribution in [3.05, 3.63) is 12.7 Å². The van der Waals surface area contributed by atoms with Gasteiger partial charge in [0.1, 0.15) is 6.61 Å². The Morgan fingerprint density at radius 1 is 0.871 bits per heavy atom. The molecule has 0 heterocycles. The fourth-order valence-corrected chi connectivity index (χ4v) is 3.30. The summed E-state index contributed by atoms with van der Waals surface area (Å²) in [4.78, 5) is 41.7. The lowest BCUT2D eigenvalue weighted by Crippen LogP contribution is -2.29. The Bertz CT molecular complexity index is 532. The second-order valence-electron chi connectivity index (χ2n) is 7.69. The molecule has 1 atom stereocenters. The molecule has 31 heavy (non-hydrogen) atoms. The van der Waals surface area contributed by atoms with Crippen molar-refractivity contribution in [2.75, 3.05) is 13.2 Å². The number of unbranched alkanes of at least 4 members (excludes halogenated alkanes) is 10. The SMILES string of the molecule is C=CCCCCCCCC(=O)O[C@H](COC(=O)CCCCCCCC)COP(=O)(O)O. The number of carbonyl (C=O) groups is 2. The molecule has 0 spiro atoms. The van der Waals surface area contributed by atoms with E-state index in [9.17, 15) is 14.2 Å². The van der Waals surface area contributed by atoms with Gasteiger partial charge in [-0.05, 0) is 25.7 Å². The Morgan fingerprint density at radius 2 is 1.42 bits per heavy atom. The van der Waals surface area contributed by atoms with Crippen molar-refractivity contribution >= 4 is 19.8 Å². The van der Waals surface area contributed by atoms with Crippen LogP contribution in [-0.4, -0.2) is 41.0 Å². The average molecular weight is 465 g/mol. The maximum atomic E-state index is 12.0. The molecule has 182 valence electrons. The molecule has 0 unspecified atom stereocenters. The minimum atomic E-state index is -4.72. The highest BCUT2D eigenvalue weighted by Crippen LogP contribution is 2.35. The molecule has 8 nitrogen and oxygen atoms in total. The van der Waals surface area contributed by atoms with Crippen LogP contribution in [-0.2, 0) is 28.2 Å². The van der Waals surface area contributed by atoms with E-state index in [1.165, 1.54) is 6.42 Å². The van der Waals surface area contributed by atoms with E-state index in [1.54, 1.807) is 0 Å². The third-order valence-electron chi connectivity index (χ3n) is 4.68. The Hall–Kier alpha value is -1.21. The van der Waals surface area contributed by atoms with Crippen LogP contribution in [0, 0.1) is 0 Å². The van der Waals surface area contributed by atoms with Gasteiger partial charge in [0, 0.05) is 12.8 Å². The average Bonchev–Trinajstić information content (AvgIpc) is 2.71. The fraction of sp³-hybridized carbons (Fsp3) is 0.818. The zero-order valence-electron chi connectivity index (χ0n) is 19.0. The largest absolute Gasteiger partial charge is 0.469 e. The van der Waals surface area contributed by atoms with E-state index in [-0.39, 0.29) is 19.4 Å². The number of rotatable bonds is 21. The minimum absolute atomic E-state index is 0.194. The zero-order chi connectivity index (χ0) is 23.4. The Labute approximate surface area is 187 Å². The molecule has 0 aliphatic carbocycles. The van der Waals surface area contributed by atoms with E-state index in [0.29, 0.717) is 6.42 Å². The standard InChI is InChI=1S/C22H41O8P/c1-3-5-7-9-11-13-15-17-22(24)30-20(19-29-31(25,26)27)18-28-21(23)16-14-12-10-8-6-4-2/h3,20H,1,4-19H2,2H3,(H2,25,26,27)/t20-/m1/s1. The van der Waals surface area contributed by atoms with Crippen molar-refractivity contribution in [1.29, 1.82) is 0 Å². The monoisotopic (exact) mass is 464 g/mol. The van der Waals surface area contributed by atoms with Gasteiger partial charge < -0.3 is 19.3 Å². The van der Waals surface area contributed by atoms with Crippen LogP contribution >= 0.6 is 7.82 Å². The predicted octanol–water partition coefficient (Wildman–Crippen LogP) is 5.22. The van der Waals surface area contributed by atoms with E-state index < -0.39 is 32.5 Å². The summed E-state index contributed by atoms with van der Waals surface area (Å²) in [6, 6.07) is 0. The van der Waals surface area contributed by atoms with E-state index in [2.05, 4.69) is 18.0 Å². The number of esters is 2.